The van der Waals surface area contributed by atoms with Crippen molar-refractivity contribution in [1.82, 2.24) is 25.0 Å². The topological polar surface area (TPSA) is 135 Å². The zero-order valence-corrected chi connectivity index (χ0v) is 19.9. The fourth-order valence-corrected chi connectivity index (χ4v) is 4.24. The Hall–Kier alpha value is -3.28. The Labute approximate surface area is 203 Å². The summed E-state index contributed by atoms with van der Waals surface area (Å²) < 4.78 is 12.9. The molecule has 0 bridgehead atoms. The Morgan fingerprint density at radius 2 is 1.97 bits per heavy atom. The number of morpholine rings is 1. The molecule has 1 saturated heterocycles. The third kappa shape index (κ3) is 5.87. The molecule has 11 heteroatoms. The number of fused-ring (bicyclic) bond motifs is 1. The van der Waals surface area contributed by atoms with E-state index in [-0.39, 0.29) is 12.5 Å². The third-order valence-electron chi connectivity index (χ3n) is 6.14. The Morgan fingerprint density at radius 3 is 2.71 bits per heavy atom. The molecular weight excluding hydrogens is 452 g/mol. The standard InChI is InChI=1S/C24H32N6O5/c1-34-19-8-7-17(14-18(19)15-31)22-26-23(29-10-12-35-13-11-29)21-24(27-22)30(16-25-21)9-5-3-2-4-6-20(32)28-33/h7-8,14,16,31,33H,2-6,9-13,15H2,1H3,(H,28,32). The van der Waals surface area contributed by atoms with E-state index in [0.717, 1.165) is 67.9 Å². The summed E-state index contributed by atoms with van der Waals surface area (Å²) in [5, 5.41) is 18.4. The van der Waals surface area contributed by atoms with Gasteiger partial charge in [-0.3, -0.25) is 10.0 Å². The van der Waals surface area contributed by atoms with Crippen LogP contribution in [0.4, 0.5) is 5.82 Å². The number of unbranched alkanes of at least 4 members (excludes halogenated alkanes) is 3. The van der Waals surface area contributed by atoms with E-state index in [2.05, 4.69) is 9.88 Å². The Bertz CT molecular complexity index is 1140. The average molecular weight is 485 g/mol. The van der Waals surface area contributed by atoms with Crippen LogP contribution in [0.3, 0.4) is 0 Å². The van der Waals surface area contributed by atoms with E-state index >= 15 is 0 Å². The molecule has 188 valence electrons. The van der Waals surface area contributed by atoms with Gasteiger partial charge in [0.05, 0.1) is 33.3 Å². The molecule has 0 atom stereocenters. The number of imidazole rings is 1. The highest BCUT2D eigenvalue weighted by atomic mass is 16.5. The first kappa shape index (κ1) is 24.8. The number of hydrogen-bond donors (Lipinski definition) is 3. The quantitative estimate of drug-likeness (QED) is 0.213. The molecule has 0 saturated carbocycles. The van der Waals surface area contributed by atoms with Crippen LogP contribution in [0.5, 0.6) is 5.75 Å². The summed E-state index contributed by atoms with van der Waals surface area (Å²) in [4.78, 5) is 27.7. The van der Waals surface area contributed by atoms with Crippen molar-refractivity contribution in [1.29, 1.82) is 0 Å². The second-order valence-electron chi connectivity index (χ2n) is 8.46. The zero-order chi connectivity index (χ0) is 24.6. The van der Waals surface area contributed by atoms with Crippen LogP contribution < -0.4 is 15.1 Å². The van der Waals surface area contributed by atoms with Crippen LogP contribution in [0.15, 0.2) is 24.5 Å². The minimum atomic E-state index is -0.353. The highest BCUT2D eigenvalue weighted by molar-refractivity contribution is 5.86. The number of aliphatic hydroxyl groups is 1. The number of methoxy groups -OCH3 is 1. The minimum Gasteiger partial charge on any atom is -0.496 e. The van der Waals surface area contributed by atoms with E-state index < -0.39 is 0 Å². The molecule has 1 amide bonds. The molecule has 0 unspecified atom stereocenters. The van der Waals surface area contributed by atoms with Crippen LogP contribution in [0.25, 0.3) is 22.6 Å². The predicted molar refractivity (Wildman–Crippen MR) is 129 cm³/mol. The van der Waals surface area contributed by atoms with E-state index in [4.69, 9.17) is 24.6 Å². The normalized spacial score (nSPS) is 13.9. The molecule has 1 aromatic carbocycles. The van der Waals surface area contributed by atoms with Gasteiger partial charge >= 0.3 is 0 Å². The largest absolute Gasteiger partial charge is 0.496 e. The van der Waals surface area contributed by atoms with Crippen molar-refractivity contribution in [3.63, 3.8) is 0 Å². The number of hydrogen-bond acceptors (Lipinski definition) is 9. The first-order valence-corrected chi connectivity index (χ1v) is 11.9. The summed E-state index contributed by atoms with van der Waals surface area (Å²) in [6.07, 6.45) is 5.62. The number of carbonyl (C=O) groups is 1. The molecule has 1 aliphatic heterocycles. The van der Waals surface area contributed by atoms with Gasteiger partial charge in [-0.2, -0.15) is 0 Å². The molecule has 3 aromatic rings. The summed E-state index contributed by atoms with van der Waals surface area (Å²) in [5.41, 5.74) is 4.65. The molecule has 0 radical (unpaired) electrons. The van der Waals surface area contributed by atoms with Crippen molar-refractivity contribution in [2.75, 3.05) is 38.3 Å². The Morgan fingerprint density at radius 1 is 1.17 bits per heavy atom. The van der Waals surface area contributed by atoms with Gasteiger partial charge < -0.3 is 24.0 Å². The molecular formula is C24H32N6O5. The summed E-state index contributed by atoms with van der Waals surface area (Å²) in [6.45, 7) is 3.31. The third-order valence-corrected chi connectivity index (χ3v) is 6.14. The number of ether oxygens (including phenoxy) is 2. The SMILES string of the molecule is COc1ccc(-c2nc(N3CCOCC3)c3ncn(CCCCCCC(=O)NO)c3n2)cc1CO. The Balaban J connectivity index is 1.60. The average Bonchev–Trinajstić information content (AvgIpc) is 3.32. The number of aryl methyl sites for hydroxylation is 1. The number of aliphatic hydroxyl groups excluding tert-OH is 1. The van der Waals surface area contributed by atoms with E-state index in [9.17, 15) is 9.90 Å². The number of rotatable bonds is 11. The van der Waals surface area contributed by atoms with Gasteiger partial charge in [0.25, 0.3) is 0 Å². The van der Waals surface area contributed by atoms with Crippen LogP contribution in [0, 0.1) is 0 Å². The Kier molecular flexibility index (Phi) is 8.45. The second kappa shape index (κ2) is 11.9. The maximum atomic E-state index is 11.1. The number of anilines is 1. The molecule has 1 fully saturated rings. The molecule has 2 aromatic heterocycles. The van der Waals surface area contributed by atoms with Crippen LogP contribution in [0.1, 0.15) is 37.7 Å². The lowest BCUT2D eigenvalue weighted by atomic mass is 10.1. The van der Waals surface area contributed by atoms with E-state index in [1.165, 1.54) is 0 Å². The molecule has 11 nitrogen and oxygen atoms in total. The molecule has 1 aliphatic rings. The zero-order valence-electron chi connectivity index (χ0n) is 19.9. The van der Waals surface area contributed by atoms with Gasteiger partial charge in [-0.1, -0.05) is 12.8 Å². The second-order valence-corrected chi connectivity index (χ2v) is 8.46. The van der Waals surface area contributed by atoms with Crippen LogP contribution in [0.2, 0.25) is 0 Å². The smallest absolute Gasteiger partial charge is 0.243 e. The van der Waals surface area contributed by atoms with Crippen LogP contribution in [-0.4, -0.2) is 69.2 Å². The van der Waals surface area contributed by atoms with E-state index in [1.807, 2.05) is 22.8 Å². The molecule has 3 heterocycles. The van der Waals surface area contributed by atoms with Crippen molar-refractivity contribution in [3.05, 3.63) is 30.1 Å². The number of hydroxylamine groups is 1. The number of nitrogens with one attached hydrogen (secondary N) is 1. The maximum Gasteiger partial charge on any atom is 0.243 e. The first-order valence-electron chi connectivity index (χ1n) is 11.9. The van der Waals surface area contributed by atoms with E-state index in [1.54, 1.807) is 18.9 Å². The van der Waals surface area contributed by atoms with Gasteiger partial charge in [0.15, 0.2) is 22.8 Å². The lowest BCUT2D eigenvalue weighted by Gasteiger charge is -2.28. The summed E-state index contributed by atoms with van der Waals surface area (Å²) in [6, 6.07) is 5.56. The maximum absolute atomic E-state index is 11.1. The van der Waals surface area contributed by atoms with Gasteiger partial charge in [0.1, 0.15) is 5.75 Å². The minimum absolute atomic E-state index is 0.145. The van der Waals surface area contributed by atoms with Crippen LogP contribution in [-0.2, 0) is 22.7 Å². The van der Waals surface area contributed by atoms with Crippen LogP contribution >= 0.6 is 0 Å². The lowest BCUT2D eigenvalue weighted by molar-refractivity contribution is -0.129. The summed E-state index contributed by atoms with van der Waals surface area (Å²) in [5.74, 6) is 1.61. The monoisotopic (exact) mass is 484 g/mol. The van der Waals surface area contributed by atoms with Gasteiger partial charge in [0.2, 0.25) is 5.91 Å². The number of aromatic nitrogens is 4. The number of amides is 1. The number of benzene rings is 1. The van der Waals surface area contributed by atoms with Gasteiger partial charge in [-0.15, -0.1) is 0 Å². The fourth-order valence-electron chi connectivity index (χ4n) is 4.24. The van der Waals surface area contributed by atoms with Crippen molar-refractivity contribution in [3.8, 4) is 17.1 Å². The van der Waals surface area contributed by atoms with Crippen molar-refractivity contribution in [2.24, 2.45) is 0 Å². The first-order chi connectivity index (χ1) is 17.1. The fraction of sp³-hybridized carbons (Fsp3) is 0.500. The van der Waals surface area contributed by atoms with Crippen molar-refractivity contribution < 1.29 is 24.6 Å². The molecule has 4 rings (SSSR count). The summed E-state index contributed by atoms with van der Waals surface area (Å²) >= 11 is 0. The molecule has 35 heavy (non-hydrogen) atoms. The highest BCUT2D eigenvalue weighted by Crippen LogP contribution is 2.30. The summed E-state index contributed by atoms with van der Waals surface area (Å²) in [7, 11) is 1.58. The van der Waals surface area contributed by atoms with Gasteiger partial charge in [-0.05, 0) is 31.0 Å². The van der Waals surface area contributed by atoms with Gasteiger partial charge in [0, 0.05) is 37.2 Å². The molecule has 3 N–H and O–H groups in total. The number of nitrogens with zero attached hydrogens (tertiary/aromatic N) is 5. The molecule has 0 aliphatic carbocycles. The van der Waals surface area contributed by atoms with Crippen molar-refractivity contribution in [2.45, 2.75) is 45.3 Å². The predicted octanol–water partition coefficient (Wildman–Crippen LogP) is 2.29. The highest BCUT2D eigenvalue weighted by Gasteiger charge is 2.21. The van der Waals surface area contributed by atoms with E-state index in [0.29, 0.717) is 36.8 Å². The molecule has 0 spiro atoms. The van der Waals surface area contributed by atoms with Crippen molar-refractivity contribution >= 4 is 22.9 Å². The number of carbonyl (C=O) groups excluding carboxylic acids is 1. The lowest BCUT2D eigenvalue weighted by Crippen LogP contribution is -2.37. The van der Waals surface area contributed by atoms with Gasteiger partial charge in [-0.25, -0.2) is 20.4 Å².